The van der Waals surface area contributed by atoms with Gasteiger partial charge in [-0.15, -0.1) is 0 Å². The highest BCUT2D eigenvalue weighted by Gasteiger charge is 2.08. The van der Waals surface area contributed by atoms with Crippen LogP contribution in [0.4, 0.5) is 5.82 Å². The van der Waals surface area contributed by atoms with Gasteiger partial charge in [-0.1, -0.05) is 0 Å². The molecule has 1 N–H and O–H groups in total. The van der Waals surface area contributed by atoms with Crippen molar-refractivity contribution in [1.82, 2.24) is 14.8 Å². The van der Waals surface area contributed by atoms with E-state index in [4.69, 9.17) is 0 Å². The van der Waals surface area contributed by atoms with E-state index in [2.05, 4.69) is 15.4 Å². The second-order valence-electron chi connectivity index (χ2n) is 3.49. The number of anilines is 1. The maximum absolute atomic E-state index is 11.8. The second-order valence-corrected chi connectivity index (χ2v) is 3.49. The average molecular weight is 216 g/mol. The van der Waals surface area contributed by atoms with Crippen LogP contribution in [0.1, 0.15) is 16.1 Å². The zero-order valence-electron chi connectivity index (χ0n) is 9.14. The third-order valence-corrected chi connectivity index (χ3v) is 2.17. The van der Waals surface area contributed by atoms with Crippen LogP contribution in [0.25, 0.3) is 0 Å². The van der Waals surface area contributed by atoms with Crippen LogP contribution in [0.5, 0.6) is 0 Å². The molecule has 0 aliphatic rings. The van der Waals surface area contributed by atoms with Gasteiger partial charge in [0.15, 0.2) is 0 Å². The van der Waals surface area contributed by atoms with E-state index in [-0.39, 0.29) is 5.91 Å². The Morgan fingerprint density at radius 2 is 2.31 bits per heavy atom. The van der Waals surface area contributed by atoms with E-state index < -0.39 is 0 Å². The van der Waals surface area contributed by atoms with E-state index in [1.165, 1.54) is 6.20 Å². The van der Waals surface area contributed by atoms with Crippen molar-refractivity contribution in [2.45, 2.75) is 6.92 Å². The van der Waals surface area contributed by atoms with Gasteiger partial charge >= 0.3 is 0 Å². The molecule has 2 aromatic heterocycles. The largest absolute Gasteiger partial charge is 0.307 e. The molecule has 0 radical (unpaired) electrons. The zero-order valence-corrected chi connectivity index (χ0v) is 9.14. The lowest BCUT2D eigenvalue weighted by molar-refractivity contribution is 0.102. The highest BCUT2D eigenvalue weighted by Crippen LogP contribution is 2.09. The van der Waals surface area contributed by atoms with Crippen LogP contribution in [0.15, 0.2) is 30.6 Å². The third-order valence-electron chi connectivity index (χ3n) is 2.17. The molecule has 5 heteroatoms. The summed E-state index contributed by atoms with van der Waals surface area (Å²) in [6.07, 6.45) is 3.16. The van der Waals surface area contributed by atoms with Gasteiger partial charge in [0, 0.05) is 25.5 Å². The number of hydrogen-bond acceptors (Lipinski definition) is 3. The molecule has 5 nitrogen and oxygen atoms in total. The first-order valence-corrected chi connectivity index (χ1v) is 4.89. The first-order valence-electron chi connectivity index (χ1n) is 4.89. The van der Waals surface area contributed by atoms with Crippen LogP contribution in [0, 0.1) is 6.92 Å². The van der Waals surface area contributed by atoms with E-state index >= 15 is 0 Å². The SMILES string of the molecule is Cc1cc(NC(=O)c2cccnc2)n(C)n1. The third kappa shape index (κ3) is 2.08. The van der Waals surface area contributed by atoms with Gasteiger partial charge < -0.3 is 5.32 Å². The van der Waals surface area contributed by atoms with Crippen molar-refractivity contribution in [2.24, 2.45) is 7.05 Å². The van der Waals surface area contributed by atoms with Gasteiger partial charge in [-0.05, 0) is 19.1 Å². The lowest BCUT2D eigenvalue weighted by Gasteiger charge is -2.04. The summed E-state index contributed by atoms with van der Waals surface area (Å²) < 4.78 is 1.63. The predicted molar refractivity (Wildman–Crippen MR) is 60.1 cm³/mol. The molecule has 0 spiro atoms. The summed E-state index contributed by atoms with van der Waals surface area (Å²) in [5.41, 5.74) is 1.39. The smallest absolute Gasteiger partial charge is 0.258 e. The van der Waals surface area contributed by atoms with Crippen LogP contribution in [-0.2, 0) is 7.05 Å². The van der Waals surface area contributed by atoms with E-state index in [0.29, 0.717) is 11.4 Å². The molecule has 0 fully saturated rings. The van der Waals surface area contributed by atoms with Crippen molar-refractivity contribution in [3.05, 3.63) is 41.9 Å². The van der Waals surface area contributed by atoms with E-state index in [1.54, 1.807) is 30.1 Å². The van der Waals surface area contributed by atoms with Crippen molar-refractivity contribution in [3.8, 4) is 0 Å². The normalized spacial score (nSPS) is 10.1. The standard InChI is InChI=1S/C11H12N4O/c1-8-6-10(15(2)14-8)13-11(16)9-4-3-5-12-7-9/h3-7H,1-2H3,(H,13,16). The molecule has 0 bridgehead atoms. The Morgan fingerprint density at radius 1 is 1.50 bits per heavy atom. The van der Waals surface area contributed by atoms with Gasteiger partial charge in [0.1, 0.15) is 5.82 Å². The summed E-state index contributed by atoms with van der Waals surface area (Å²) in [6.45, 7) is 1.87. The molecular formula is C11H12N4O. The fourth-order valence-electron chi connectivity index (χ4n) is 1.41. The molecule has 16 heavy (non-hydrogen) atoms. The molecule has 82 valence electrons. The molecule has 0 aromatic carbocycles. The molecule has 0 saturated carbocycles. The predicted octanol–water partition coefficient (Wildman–Crippen LogP) is 1.38. The zero-order chi connectivity index (χ0) is 11.5. The van der Waals surface area contributed by atoms with E-state index in [1.807, 2.05) is 13.0 Å². The first kappa shape index (κ1) is 10.4. The maximum atomic E-state index is 11.8. The van der Waals surface area contributed by atoms with Gasteiger partial charge in [-0.2, -0.15) is 5.10 Å². The van der Waals surface area contributed by atoms with Gasteiger partial charge in [0.25, 0.3) is 5.91 Å². The Bertz CT molecular complexity index is 504. The van der Waals surface area contributed by atoms with Gasteiger partial charge in [-0.3, -0.25) is 14.5 Å². The number of amides is 1. The number of aromatic nitrogens is 3. The molecule has 2 heterocycles. The number of hydrogen-bond donors (Lipinski definition) is 1. The molecule has 0 aliphatic heterocycles. The number of pyridine rings is 1. The summed E-state index contributed by atoms with van der Waals surface area (Å²) in [7, 11) is 1.78. The lowest BCUT2D eigenvalue weighted by atomic mass is 10.3. The fraction of sp³-hybridized carbons (Fsp3) is 0.182. The monoisotopic (exact) mass is 216 g/mol. The highest BCUT2D eigenvalue weighted by molar-refractivity contribution is 6.03. The minimum Gasteiger partial charge on any atom is -0.307 e. The van der Waals surface area contributed by atoms with Crippen LogP contribution in [-0.4, -0.2) is 20.7 Å². The Hall–Kier alpha value is -2.17. The summed E-state index contributed by atoms with van der Waals surface area (Å²) in [5, 5.41) is 6.91. The fourth-order valence-corrected chi connectivity index (χ4v) is 1.41. The number of aryl methyl sites for hydroxylation is 2. The number of rotatable bonds is 2. The Balaban J connectivity index is 2.17. The average Bonchev–Trinajstić information content (AvgIpc) is 2.59. The number of nitrogens with one attached hydrogen (secondary N) is 1. The molecular weight excluding hydrogens is 204 g/mol. The molecule has 2 rings (SSSR count). The lowest BCUT2D eigenvalue weighted by Crippen LogP contribution is -2.14. The Kier molecular flexibility index (Phi) is 2.68. The maximum Gasteiger partial charge on any atom is 0.258 e. The number of nitrogens with zero attached hydrogens (tertiary/aromatic N) is 3. The topological polar surface area (TPSA) is 59.8 Å². The van der Waals surface area contributed by atoms with Crippen LogP contribution in [0.2, 0.25) is 0 Å². The van der Waals surface area contributed by atoms with E-state index in [9.17, 15) is 4.79 Å². The number of carbonyl (C=O) groups is 1. The van der Waals surface area contributed by atoms with E-state index in [0.717, 1.165) is 5.69 Å². The van der Waals surface area contributed by atoms with Crippen molar-refractivity contribution < 1.29 is 4.79 Å². The van der Waals surface area contributed by atoms with Gasteiger partial charge in [0.2, 0.25) is 0 Å². The Labute approximate surface area is 93.1 Å². The molecule has 0 saturated heterocycles. The molecule has 0 aliphatic carbocycles. The first-order chi connectivity index (χ1) is 7.66. The van der Waals surface area contributed by atoms with Gasteiger partial charge in [-0.25, -0.2) is 0 Å². The second kappa shape index (κ2) is 4.14. The minimum atomic E-state index is -0.184. The highest BCUT2D eigenvalue weighted by atomic mass is 16.1. The van der Waals surface area contributed by atoms with Crippen molar-refractivity contribution in [2.75, 3.05) is 5.32 Å². The summed E-state index contributed by atoms with van der Waals surface area (Å²) in [6, 6.07) is 5.25. The minimum absolute atomic E-state index is 0.184. The molecule has 0 unspecified atom stereocenters. The number of carbonyl (C=O) groups excluding carboxylic acids is 1. The summed E-state index contributed by atoms with van der Waals surface area (Å²) in [5.74, 6) is 0.488. The quantitative estimate of drug-likeness (QED) is 0.824. The van der Waals surface area contributed by atoms with Crippen LogP contribution in [0.3, 0.4) is 0 Å². The van der Waals surface area contributed by atoms with Crippen molar-refractivity contribution >= 4 is 11.7 Å². The molecule has 1 amide bonds. The van der Waals surface area contributed by atoms with Crippen molar-refractivity contribution in [3.63, 3.8) is 0 Å². The van der Waals surface area contributed by atoms with Crippen molar-refractivity contribution in [1.29, 1.82) is 0 Å². The Morgan fingerprint density at radius 3 is 2.88 bits per heavy atom. The van der Waals surface area contributed by atoms with Crippen LogP contribution >= 0.6 is 0 Å². The van der Waals surface area contributed by atoms with Gasteiger partial charge in [0.05, 0.1) is 11.3 Å². The molecule has 0 atom stereocenters. The summed E-state index contributed by atoms with van der Waals surface area (Å²) >= 11 is 0. The van der Waals surface area contributed by atoms with Crippen LogP contribution < -0.4 is 5.32 Å². The summed E-state index contributed by atoms with van der Waals surface area (Å²) in [4.78, 5) is 15.7. The molecule has 2 aromatic rings.